The molecule has 0 aliphatic heterocycles. The first kappa shape index (κ1) is 16.1. The molecule has 0 spiro atoms. The number of anilines is 1. The first-order chi connectivity index (χ1) is 11.8. The summed E-state index contributed by atoms with van der Waals surface area (Å²) in [6, 6.07) is 12.8. The van der Waals surface area contributed by atoms with Crippen LogP contribution in [0.15, 0.2) is 63.9 Å². The molecule has 3 aromatic rings. The number of carbonyl (C=O) groups is 1. The lowest BCUT2D eigenvalue weighted by atomic mass is 10.3. The van der Waals surface area contributed by atoms with Gasteiger partial charge < -0.3 is 19.4 Å². The fourth-order valence-electron chi connectivity index (χ4n) is 2.34. The zero-order valence-electron chi connectivity index (χ0n) is 13.3. The number of rotatable bonds is 6. The summed E-state index contributed by atoms with van der Waals surface area (Å²) in [6.45, 7) is 0.898. The van der Waals surface area contributed by atoms with E-state index in [1.165, 1.54) is 0 Å². The van der Waals surface area contributed by atoms with Crippen LogP contribution in [0.5, 0.6) is 5.75 Å². The molecular weight excluding hydrogens is 324 g/mol. The molecular formula is C18H18N2O3S. The van der Waals surface area contributed by atoms with Crippen molar-refractivity contribution in [2.24, 2.45) is 0 Å². The predicted molar refractivity (Wildman–Crippen MR) is 94.3 cm³/mol. The number of urea groups is 1. The molecule has 3 rings (SSSR count). The smallest absolute Gasteiger partial charge is 0.322 e. The molecule has 0 atom stereocenters. The lowest BCUT2D eigenvalue weighted by molar-refractivity contribution is 0.201. The number of methoxy groups -OCH3 is 1. The Kier molecular flexibility index (Phi) is 5.18. The maximum absolute atomic E-state index is 12.8. The number of hydrogen-bond donors (Lipinski definition) is 1. The Morgan fingerprint density at radius 1 is 1.21 bits per heavy atom. The minimum absolute atomic E-state index is 0.206. The zero-order chi connectivity index (χ0) is 16.8. The summed E-state index contributed by atoms with van der Waals surface area (Å²) in [5.74, 6) is 1.36. The average molecular weight is 342 g/mol. The quantitative estimate of drug-likeness (QED) is 0.713. The minimum atomic E-state index is -0.206. The largest absolute Gasteiger partial charge is 0.495 e. The number of benzene rings is 1. The number of thiophene rings is 1. The molecule has 0 aliphatic carbocycles. The highest BCUT2D eigenvalue weighted by atomic mass is 32.1. The Morgan fingerprint density at radius 2 is 2.08 bits per heavy atom. The molecule has 2 heterocycles. The summed E-state index contributed by atoms with van der Waals surface area (Å²) in [6.07, 6.45) is 1.61. The van der Waals surface area contributed by atoms with Crippen LogP contribution in [0.25, 0.3) is 0 Å². The zero-order valence-corrected chi connectivity index (χ0v) is 14.1. The molecule has 0 bridgehead atoms. The third-order valence-electron chi connectivity index (χ3n) is 3.52. The van der Waals surface area contributed by atoms with E-state index in [0.717, 1.165) is 11.3 Å². The van der Waals surface area contributed by atoms with Gasteiger partial charge in [-0.25, -0.2) is 4.79 Å². The van der Waals surface area contributed by atoms with Crippen molar-refractivity contribution in [3.05, 3.63) is 70.8 Å². The van der Waals surface area contributed by atoms with Gasteiger partial charge in [0.25, 0.3) is 0 Å². The van der Waals surface area contributed by atoms with Gasteiger partial charge in [-0.15, -0.1) is 0 Å². The summed E-state index contributed by atoms with van der Waals surface area (Å²) in [7, 11) is 1.58. The van der Waals surface area contributed by atoms with Crippen LogP contribution in [0.3, 0.4) is 0 Å². The Morgan fingerprint density at radius 3 is 2.79 bits per heavy atom. The molecule has 0 saturated carbocycles. The number of carbonyl (C=O) groups excluding carboxylic acids is 1. The number of ether oxygens (including phenoxy) is 1. The molecule has 6 heteroatoms. The van der Waals surface area contributed by atoms with E-state index >= 15 is 0 Å². The maximum Gasteiger partial charge on any atom is 0.322 e. The normalized spacial score (nSPS) is 10.4. The summed E-state index contributed by atoms with van der Waals surface area (Å²) >= 11 is 1.61. The fourth-order valence-corrected chi connectivity index (χ4v) is 3.00. The molecule has 24 heavy (non-hydrogen) atoms. The molecule has 0 radical (unpaired) electrons. The third kappa shape index (κ3) is 3.97. The molecule has 1 N–H and O–H groups in total. The van der Waals surface area contributed by atoms with Crippen molar-refractivity contribution in [3.63, 3.8) is 0 Å². The molecule has 124 valence electrons. The maximum atomic E-state index is 12.8. The van der Waals surface area contributed by atoms with E-state index in [9.17, 15) is 4.79 Å². The van der Waals surface area contributed by atoms with E-state index < -0.39 is 0 Å². The Hall–Kier alpha value is -2.73. The monoisotopic (exact) mass is 342 g/mol. The highest BCUT2D eigenvalue weighted by Gasteiger charge is 2.17. The van der Waals surface area contributed by atoms with Crippen LogP contribution in [-0.4, -0.2) is 18.0 Å². The Bertz CT molecular complexity index is 733. The van der Waals surface area contributed by atoms with Crippen molar-refractivity contribution >= 4 is 23.1 Å². The molecule has 0 aliphatic rings. The topological polar surface area (TPSA) is 54.7 Å². The number of furan rings is 1. The van der Waals surface area contributed by atoms with E-state index in [4.69, 9.17) is 9.15 Å². The van der Waals surface area contributed by atoms with Crippen LogP contribution < -0.4 is 10.1 Å². The van der Waals surface area contributed by atoms with Crippen molar-refractivity contribution in [3.8, 4) is 5.75 Å². The SMILES string of the molecule is COc1ccccc1NC(=O)N(Cc1ccsc1)Cc1ccco1. The van der Waals surface area contributed by atoms with E-state index in [2.05, 4.69) is 5.32 Å². The van der Waals surface area contributed by atoms with Crippen LogP contribution in [0.2, 0.25) is 0 Å². The summed E-state index contributed by atoms with van der Waals surface area (Å²) < 4.78 is 10.7. The molecule has 0 unspecified atom stereocenters. The van der Waals surface area contributed by atoms with Crippen LogP contribution in [0.1, 0.15) is 11.3 Å². The standard InChI is InChI=1S/C18H18N2O3S/c1-22-17-7-3-2-6-16(17)19-18(21)20(11-14-8-10-24-13-14)12-15-5-4-9-23-15/h2-10,13H,11-12H2,1H3,(H,19,21). The van der Waals surface area contributed by atoms with Crippen molar-refractivity contribution in [1.82, 2.24) is 4.90 Å². The lowest BCUT2D eigenvalue weighted by Crippen LogP contribution is -2.33. The minimum Gasteiger partial charge on any atom is -0.495 e. The van der Waals surface area contributed by atoms with E-state index in [0.29, 0.717) is 24.5 Å². The van der Waals surface area contributed by atoms with Gasteiger partial charge in [0.15, 0.2) is 0 Å². The van der Waals surface area contributed by atoms with Gasteiger partial charge in [0.1, 0.15) is 11.5 Å². The molecule has 2 aromatic heterocycles. The van der Waals surface area contributed by atoms with Gasteiger partial charge in [0.05, 0.1) is 25.6 Å². The van der Waals surface area contributed by atoms with Crippen LogP contribution in [0, 0.1) is 0 Å². The van der Waals surface area contributed by atoms with E-state index in [1.807, 2.05) is 53.2 Å². The highest BCUT2D eigenvalue weighted by molar-refractivity contribution is 7.07. The van der Waals surface area contributed by atoms with Gasteiger partial charge in [-0.2, -0.15) is 11.3 Å². The average Bonchev–Trinajstić information content (AvgIpc) is 3.28. The van der Waals surface area contributed by atoms with Gasteiger partial charge in [-0.05, 0) is 46.7 Å². The van der Waals surface area contributed by atoms with Gasteiger partial charge >= 0.3 is 6.03 Å². The van der Waals surface area contributed by atoms with Gasteiger partial charge in [-0.3, -0.25) is 0 Å². The molecule has 0 saturated heterocycles. The first-order valence-electron chi connectivity index (χ1n) is 7.48. The number of nitrogens with zero attached hydrogens (tertiary/aromatic N) is 1. The van der Waals surface area contributed by atoms with Crippen molar-refractivity contribution < 1.29 is 13.9 Å². The summed E-state index contributed by atoms with van der Waals surface area (Å²) in [5.41, 5.74) is 1.72. The molecule has 5 nitrogen and oxygen atoms in total. The van der Waals surface area contributed by atoms with Crippen molar-refractivity contribution in [1.29, 1.82) is 0 Å². The van der Waals surface area contributed by atoms with Gasteiger partial charge in [-0.1, -0.05) is 12.1 Å². The number of nitrogens with one attached hydrogen (secondary N) is 1. The second-order valence-corrected chi connectivity index (χ2v) is 5.98. The third-order valence-corrected chi connectivity index (χ3v) is 4.25. The second-order valence-electron chi connectivity index (χ2n) is 5.20. The van der Waals surface area contributed by atoms with Crippen LogP contribution >= 0.6 is 11.3 Å². The predicted octanol–water partition coefficient (Wildman–Crippen LogP) is 4.58. The van der Waals surface area contributed by atoms with E-state index in [-0.39, 0.29) is 6.03 Å². The molecule has 2 amide bonds. The van der Waals surface area contributed by atoms with Crippen LogP contribution in [0.4, 0.5) is 10.5 Å². The second kappa shape index (κ2) is 7.70. The highest BCUT2D eigenvalue weighted by Crippen LogP contribution is 2.24. The van der Waals surface area contributed by atoms with Crippen LogP contribution in [-0.2, 0) is 13.1 Å². The summed E-state index contributed by atoms with van der Waals surface area (Å²) in [5, 5.41) is 6.94. The van der Waals surface area contributed by atoms with Gasteiger partial charge in [0.2, 0.25) is 0 Å². The fraction of sp³-hybridized carbons (Fsp3) is 0.167. The number of hydrogen-bond acceptors (Lipinski definition) is 4. The number of para-hydroxylation sites is 2. The number of amides is 2. The first-order valence-corrected chi connectivity index (χ1v) is 8.43. The molecule has 0 fully saturated rings. The van der Waals surface area contributed by atoms with Crippen molar-refractivity contribution in [2.75, 3.05) is 12.4 Å². The lowest BCUT2D eigenvalue weighted by Gasteiger charge is -2.22. The molecule has 1 aromatic carbocycles. The van der Waals surface area contributed by atoms with E-state index in [1.54, 1.807) is 29.6 Å². The Labute approximate surface area is 144 Å². The summed E-state index contributed by atoms with van der Waals surface area (Å²) in [4.78, 5) is 14.5. The Balaban J connectivity index is 1.77. The van der Waals surface area contributed by atoms with Crippen molar-refractivity contribution in [2.45, 2.75) is 13.1 Å². The van der Waals surface area contributed by atoms with Gasteiger partial charge in [0, 0.05) is 6.54 Å².